The molecule has 2 aromatic carbocycles. The maximum absolute atomic E-state index is 15.3. The van der Waals surface area contributed by atoms with Gasteiger partial charge in [0, 0.05) is 25.6 Å². The third kappa shape index (κ3) is 5.83. The molecule has 0 unspecified atom stereocenters. The van der Waals surface area contributed by atoms with Gasteiger partial charge in [0.15, 0.2) is 21.4 Å². The number of fused-ring (bicyclic) bond motifs is 1. The minimum absolute atomic E-state index is 0. The summed E-state index contributed by atoms with van der Waals surface area (Å²) in [5.41, 5.74) is 5.46. The van der Waals surface area contributed by atoms with Gasteiger partial charge in [0.1, 0.15) is 5.75 Å². The monoisotopic (exact) mass is 562 g/mol. The topological polar surface area (TPSA) is 103 Å². The molecule has 1 N–H and O–H groups in total. The van der Waals surface area contributed by atoms with Crippen LogP contribution in [0, 0.1) is 12.7 Å². The van der Waals surface area contributed by atoms with E-state index in [1.54, 1.807) is 48.3 Å². The third-order valence-corrected chi connectivity index (χ3v) is 8.17. The third-order valence-electron chi connectivity index (χ3n) is 6.47. The van der Waals surface area contributed by atoms with E-state index in [2.05, 4.69) is 21.1 Å². The van der Waals surface area contributed by atoms with E-state index >= 15 is 4.39 Å². The van der Waals surface area contributed by atoms with E-state index in [1.807, 2.05) is 20.8 Å². The molecule has 40 heavy (non-hydrogen) atoms. The maximum Gasteiger partial charge on any atom is 0.228 e. The highest BCUT2D eigenvalue weighted by Crippen LogP contribution is 2.34. The van der Waals surface area contributed by atoms with E-state index in [4.69, 9.17) is 4.74 Å². The van der Waals surface area contributed by atoms with Crippen molar-refractivity contribution in [1.29, 1.82) is 0 Å². The fraction of sp³-hybridized carbons (Fsp3) is 0.267. The number of carbonyl (C=O) groups is 1. The zero-order chi connectivity index (χ0) is 28.7. The van der Waals surface area contributed by atoms with Gasteiger partial charge < -0.3 is 10.1 Å². The molecule has 0 saturated carbocycles. The van der Waals surface area contributed by atoms with Crippen LogP contribution in [0.3, 0.4) is 0 Å². The fourth-order valence-corrected chi connectivity index (χ4v) is 5.73. The van der Waals surface area contributed by atoms with Crippen molar-refractivity contribution in [3.8, 4) is 11.5 Å². The normalized spacial score (nSPS) is 13.2. The molecule has 1 aliphatic rings. The molecule has 4 aromatic rings. The number of anilines is 1. The highest BCUT2D eigenvalue weighted by atomic mass is 32.2. The summed E-state index contributed by atoms with van der Waals surface area (Å²) < 4.78 is 48.8. The van der Waals surface area contributed by atoms with E-state index < -0.39 is 15.7 Å². The predicted molar refractivity (Wildman–Crippen MR) is 153 cm³/mol. The van der Waals surface area contributed by atoms with Gasteiger partial charge in [0.2, 0.25) is 5.91 Å². The van der Waals surface area contributed by atoms with Crippen molar-refractivity contribution >= 4 is 32.3 Å². The molecule has 1 amide bonds. The van der Waals surface area contributed by atoms with Gasteiger partial charge in [0.25, 0.3) is 0 Å². The number of hydrogen-bond donors (Lipinski definition) is 1. The van der Waals surface area contributed by atoms with Gasteiger partial charge in [-0.15, -0.1) is 5.73 Å². The summed E-state index contributed by atoms with van der Waals surface area (Å²) in [5.74, 6) is -0.786. The lowest BCUT2D eigenvalue weighted by molar-refractivity contribution is -0.115. The molecule has 8 nitrogen and oxygen atoms in total. The number of ether oxygens (including phenoxy) is 1. The Morgan fingerprint density at radius 2 is 2.00 bits per heavy atom. The summed E-state index contributed by atoms with van der Waals surface area (Å²) in [6, 6.07) is 9.14. The number of halogens is 1. The Bertz CT molecular complexity index is 1800. The zero-order valence-electron chi connectivity index (χ0n) is 22.7. The summed E-state index contributed by atoms with van der Waals surface area (Å²) in [7, 11) is -3.58. The number of pyridine rings is 1. The van der Waals surface area contributed by atoms with Gasteiger partial charge in [-0.3, -0.25) is 14.5 Å². The first kappa shape index (κ1) is 27.3. The van der Waals surface area contributed by atoms with E-state index in [1.165, 1.54) is 24.4 Å². The molecule has 2 aromatic heterocycles. The average Bonchev–Trinajstić information content (AvgIpc) is 3.32. The Morgan fingerprint density at radius 1 is 1.23 bits per heavy atom. The van der Waals surface area contributed by atoms with Gasteiger partial charge in [-0.25, -0.2) is 12.8 Å². The molecule has 0 radical (unpaired) electrons. The van der Waals surface area contributed by atoms with Gasteiger partial charge >= 0.3 is 0 Å². The van der Waals surface area contributed by atoms with E-state index in [-0.39, 0.29) is 41.4 Å². The van der Waals surface area contributed by atoms with Crippen molar-refractivity contribution in [3.63, 3.8) is 0 Å². The first-order chi connectivity index (χ1) is 18.9. The number of aromatic nitrogens is 3. The first-order valence-electron chi connectivity index (χ1n) is 12.8. The van der Waals surface area contributed by atoms with Crippen molar-refractivity contribution in [2.24, 2.45) is 0 Å². The summed E-state index contributed by atoms with van der Waals surface area (Å²) in [5, 5.41) is 7.51. The Kier molecular flexibility index (Phi) is 7.08. The SMILES string of the molecule is Cc1cc(CC(=O)Nc2cnn(C(C)(C)C)c2)cc(F)c1Oc1ccnc2ccc(S(=O)(=O)CC3=C=CC3)cc12.[HH]. The van der Waals surface area contributed by atoms with Gasteiger partial charge in [-0.05, 0) is 80.8 Å². The van der Waals surface area contributed by atoms with Crippen LogP contribution in [0.4, 0.5) is 10.1 Å². The standard InChI is InChI=1S/C30H29FN4O4S.H2/c1-19-12-21(14-28(36)34-22-16-33-35(17-22)30(2,3)4)13-25(31)29(19)39-27-10-11-32-26-9-8-23(15-24(26)27)40(37,38)18-20-6-5-7-20;/h5,8-13,15-17H,6,14,18H2,1-4H3,(H,34,36);1H. The Labute approximate surface area is 233 Å². The smallest absolute Gasteiger partial charge is 0.228 e. The highest BCUT2D eigenvalue weighted by molar-refractivity contribution is 7.91. The van der Waals surface area contributed by atoms with Crippen molar-refractivity contribution < 1.29 is 23.8 Å². The fourth-order valence-electron chi connectivity index (χ4n) is 4.33. The Hall–Kier alpha value is -4.27. The maximum atomic E-state index is 15.3. The van der Waals surface area contributed by atoms with Crippen molar-refractivity contribution in [1.82, 2.24) is 14.8 Å². The van der Waals surface area contributed by atoms with Crippen LogP contribution < -0.4 is 10.1 Å². The molecule has 0 aliphatic heterocycles. The lowest BCUT2D eigenvalue weighted by Crippen LogP contribution is -2.22. The summed E-state index contributed by atoms with van der Waals surface area (Å²) in [6.45, 7) is 7.69. The van der Waals surface area contributed by atoms with Crippen LogP contribution in [0.2, 0.25) is 0 Å². The molecule has 208 valence electrons. The van der Waals surface area contributed by atoms with Crippen LogP contribution in [0.1, 0.15) is 39.7 Å². The van der Waals surface area contributed by atoms with Gasteiger partial charge in [-0.1, -0.05) is 6.07 Å². The second-order valence-electron chi connectivity index (χ2n) is 10.8. The molecular weight excluding hydrogens is 531 g/mol. The molecule has 1 aliphatic carbocycles. The number of nitrogens with one attached hydrogen (secondary N) is 1. The molecule has 0 spiro atoms. The van der Waals surface area contributed by atoms with Crippen LogP contribution in [-0.2, 0) is 26.6 Å². The molecule has 0 bridgehead atoms. The first-order valence-corrected chi connectivity index (χ1v) is 14.4. The number of aryl methyl sites for hydroxylation is 1. The lowest BCUT2D eigenvalue weighted by atomic mass is 10.1. The number of amides is 1. The number of rotatable bonds is 8. The van der Waals surface area contributed by atoms with Crippen molar-refractivity contribution in [3.05, 3.63) is 89.3 Å². The van der Waals surface area contributed by atoms with E-state index in [0.717, 1.165) is 5.57 Å². The Balaban J connectivity index is 0.00000387. The lowest BCUT2D eigenvalue weighted by Gasteiger charge is -2.18. The van der Waals surface area contributed by atoms with Crippen LogP contribution in [0.25, 0.3) is 10.9 Å². The number of hydrogen-bond acceptors (Lipinski definition) is 6. The molecule has 2 heterocycles. The molecule has 0 saturated heterocycles. The van der Waals surface area contributed by atoms with Crippen LogP contribution in [-0.4, -0.2) is 34.8 Å². The van der Waals surface area contributed by atoms with Gasteiger partial charge in [0.05, 0.1) is 40.0 Å². The minimum atomic E-state index is -3.58. The number of sulfone groups is 1. The van der Waals surface area contributed by atoms with Crippen molar-refractivity contribution in [2.45, 2.75) is 51.0 Å². The number of carbonyl (C=O) groups excluding carboxylic acids is 1. The van der Waals surface area contributed by atoms with Crippen LogP contribution >= 0.6 is 0 Å². The highest BCUT2D eigenvalue weighted by Gasteiger charge is 2.21. The van der Waals surface area contributed by atoms with Crippen LogP contribution in [0.5, 0.6) is 11.5 Å². The van der Waals surface area contributed by atoms with Crippen LogP contribution in [0.15, 0.2) is 77.3 Å². The summed E-state index contributed by atoms with van der Waals surface area (Å²) in [6.07, 6.45) is 7.20. The minimum Gasteiger partial charge on any atom is -0.453 e. The van der Waals surface area contributed by atoms with E-state index in [0.29, 0.717) is 34.1 Å². The molecule has 5 rings (SSSR count). The second kappa shape index (κ2) is 10.4. The zero-order valence-corrected chi connectivity index (χ0v) is 23.5. The van der Waals surface area contributed by atoms with E-state index in [9.17, 15) is 13.2 Å². The number of nitrogens with zero attached hydrogens (tertiary/aromatic N) is 3. The average molecular weight is 563 g/mol. The van der Waals surface area contributed by atoms with Crippen molar-refractivity contribution in [2.75, 3.05) is 11.1 Å². The molecular formula is C30H31FN4O4S. The summed E-state index contributed by atoms with van der Waals surface area (Å²) in [4.78, 5) is 17.0. The second-order valence-corrected chi connectivity index (χ2v) is 12.8. The predicted octanol–water partition coefficient (Wildman–Crippen LogP) is 6.11. The molecule has 10 heteroatoms. The largest absolute Gasteiger partial charge is 0.453 e. The Morgan fingerprint density at radius 3 is 2.65 bits per heavy atom. The molecule has 0 fully saturated rings. The van der Waals surface area contributed by atoms with Gasteiger partial charge in [-0.2, -0.15) is 5.10 Å². The number of benzene rings is 2. The quantitative estimate of drug-likeness (QED) is 0.260. The summed E-state index contributed by atoms with van der Waals surface area (Å²) >= 11 is 0. The molecule has 0 atom stereocenters.